The van der Waals surface area contributed by atoms with Crippen molar-refractivity contribution in [2.45, 2.75) is 0 Å². The first-order chi connectivity index (χ1) is 6.66. The molecule has 0 unspecified atom stereocenters. The molecule has 4 nitrogen and oxygen atoms in total. The van der Waals surface area contributed by atoms with Crippen molar-refractivity contribution in [3.8, 4) is 0 Å². The van der Waals surface area contributed by atoms with Gasteiger partial charge in [0, 0.05) is 5.56 Å². The maximum absolute atomic E-state index is 10.8. The van der Waals surface area contributed by atoms with E-state index in [9.17, 15) is 9.59 Å². The number of ketones is 1. The molecule has 1 rings (SSSR count). The molecule has 14 heavy (non-hydrogen) atoms. The Balaban J connectivity index is 2.92. The topological polar surface area (TPSA) is 81.8 Å². The van der Waals surface area contributed by atoms with Crippen LogP contribution in [0.5, 0.6) is 0 Å². The minimum atomic E-state index is -0.973. The van der Waals surface area contributed by atoms with Gasteiger partial charge in [0.2, 0.25) is 5.78 Å². The van der Waals surface area contributed by atoms with E-state index < -0.39 is 11.5 Å². The van der Waals surface area contributed by atoms with Crippen LogP contribution in [0.2, 0.25) is 0 Å². The van der Waals surface area contributed by atoms with E-state index in [2.05, 4.69) is 0 Å². The van der Waals surface area contributed by atoms with Crippen LogP contribution in [0.4, 0.5) is 0 Å². The first-order valence-corrected chi connectivity index (χ1v) is 3.89. The van der Waals surface area contributed by atoms with Gasteiger partial charge in [-0.05, 0) is 0 Å². The molecule has 0 aliphatic rings. The summed E-state index contributed by atoms with van der Waals surface area (Å²) >= 11 is 0. The third-order valence-electron chi connectivity index (χ3n) is 1.67. The van der Waals surface area contributed by atoms with E-state index >= 15 is 0 Å². The van der Waals surface area contributed by atoms with Gasteiger partial charge >= 0.3 is 0 Å². The predicted octanol–water partition coefficient (Wildman–Crippen LogP) is 0.842. The molecule has 0 saturated heterocycles. The maximum Gasteiger partial charge on any atom is 0.245 e. The van der Waals surface area contributed by atoms with Crippen molar-refractivity contribution in [1.29, 1.82) is 10.8 Å². The number of Topliss-reactive ketones (excluding diaryl/α,β-unsaturated/α-hetero) is 1. The summed E-state index contributed by atoms with van der Waals surface area (Å²) in [6.07, 6.45) is 0.0415. The van der Waals surface area contributed by atoms with Crippen LogP contribution >= 0.6 is 0 Å². The number of carbonyl (C=O) groups excluding carboxylic acids is 2. The fourth-order valence-electron chi connectivity index (χ4n) is 0.931. The number of carbonyl (C=O) groups is 2. The van der Waals surface area contributed by atoms with E-state index in [-0.39, 0.29) is 12.0 Å². The SMILES string of the molecule is N=C(C(=N)c1ccccc1)C(=O)C=O. The molecule has 0 bridgehead atoms. The van der Waals surface area contributed by atoms with E-state index in [1.807, 2.05) is 0 Å². The summed E-state index contributed by atoms with van der Waals surface area (Å²) in [6.45, 7) is 0. The average Bonchev–Trinajstić information content (AvgIpc) is 2.27. The van der Waals surface area contributed by atoms with Gasteiger partial charge in [-0.1, -0.05) is 30.3 Å². The quantitative estimate of drug-likeness (QED) is 0.417. The summed E-state index contributed by atoms with van der Waals surface area (Å²) < 4.78 is 0. The largest absolute Gasteiger partial charge is 0.298 e. The highest BCUT2D eigenvalue weighted by atomic mass is 16.2. The van der Waals surface area contributed by atoms with E-state index in [4.69, 9.17) is 10.8 Å². The second-order valence-electron chi connectivity index (χ2n) is 2.60. The van der Waals surface area contributed by atoms with Gasteiger partial charge in [0.15, 0.2) is 6.29 Å². The second kappa shape index (κ2) is 4.23. The lowest BCUT2D eigenvalue weighted by molar-refractivity contribution is -0.125. The molecule has 1 aromatic carbocycles. The van der Waals surface area contributed by atoms with Crippen LogP contribution in [0.1, 0.15) is 5.56 Å². The molecule has 2 N–H and O–H groups in total. The van der Waals surface area contributed by atoms with Gasteiger partial charge in [0.25, 0.3) is 0 Å². The molecule has 0 saturated carbocycles. The highest BCUT2D eigenvalue weighted by Gasteiger charge is 2.14. The van der Waals surface area contributed by atoms with Crippen LogP contribution in [-0.4, -0.2) is 23.5 Å². The van der Waals surface area contributed by atoms with Gasteiger partial charge in [-0.3, -0.25) is 20.4 Å². The van der Waals surface area contributed by atoms with Crippen LogP contribution in [0.25, 0.3) is 0 Å². The van der Waals surface area contributed by atoms with Crippen molar-refractivity contribution in [2.24, 2.45) is 0 Å². The maximum atomic E-state index is 10.8. The van der Waals surface area contributed by atoms with Gasteiger partial charge in [-0.15, -0.1) is 0 Å². The zero-order valence-electron chi connectivity index (χ0n) is 7.28. The van der Waals surface area contributed by atoms with Gasteiger partial charge in [-0.2, -0.15) is 0 Å². The Labute approximate surface area is 80.6 Å². The van der Waals surface area contributed by atoms with Crippen LogP contribution < -0.4 is 0 Å². The Morgan fingerprint density at radius 1 is 1.14 bits per heavy atom. The number of nitrogens with one attached hydrogen (secondary N) is 2. The summed E-state index contributed by atoms with van der Waals surface area (Å²) in [5.74, 6) is -0.973. The highest BCUT2D eigenvalue weighted by Crippen LogP contribution is 2.00. The molecule has 0 atom stereocenters. The van der Waals surface area contributed by atoms with Gasteiger partial charge in [0.05, 0.1) is 5.71 Å². The van der Waals surface area contributed by atoms with E-state index in [1.54, 1.807) is 30.3 Å². The lowest BCUT2D eigenvalue weighted by Gasteiger charge is -2.00. The molecular weight excluding hydrogens is 180 g/mol. The summed E-state index contributed by atoms with van der Waals surface area (Å²) in [4.78, 5) is 20.9. The smallest absolute Gasteiger partial charge is 0.245 e. The standard InChI is InChI=1S/C10H8N2O2/c11-9(10(12)8(14)6-13)7-4-2-1-3-5-7/h1-6,11-12H. The lowest BCUT2D eigenvalue weighted by Crippen LogP contribution is -2.24. The fraction of sp³-hybridized carbons (Fsp3) is 0. The van der Waals surface area contributed by atoms with Crippen molar-refractivity contribution < 1.29 is 9.59 Å². The van der Waals surface area contributed by atoms with Crippen molar-refractivity contribution in [2.75, 3.05) is 0 Å². The molecule has 0 amide bonds. The Morgan fingerprint density at radius 2 is 1.71 bits per heavy atom. The fourth-order valence-corrected chi connectivity index (χ4v) is 0.931. The number of hydrogen-bond donors (Lipinski definition) is 2. The Kier molecular flexibility index (Phi) is 3.01. The van der Waals surface area contributed by atoms with Crippen molar-refractivity contribution in [1.82, 2.24) is 0 Å². The molecule has 0 aliphatic carbocycles. The molecular formula is C10H8N2O2. The molecule has 0 fully saturated rings. The van der Waals surface area contributed by atoms with E-state index in [1.165, 1.54) is 0 Å². The van der Waals surface area contributed by atoms with Crippen LogP contribution in [0, 0.1) is 10.8 Å². The first-order valence-electron chi connectivity index (χ1n) is 3.89. The van der Waals surface area contributed by atoms with Crippen LogP contribution in [0.3, 0.4) is 0 Å². The molecule has 1 aromatic rings. The summed E-state index contributed by atoms with van der Waals surface area (Å²) in [5, 5.41) is 14.7. The van der Waals surface area contributed by atoms with Crippen LogP contribution in [0.15, 0.2) is 30.3 Å². The minimum Gasteiger partial charge on any atom is -0.298 e. The number of rotatable bonds is 4. The molecule has 4 heteroatoms. The number of aldehydes is 1. The molecule has 0 spiro atoms. The zero-order valence-corrected chi connectivity index (χ0v) is 7.28. The zero-order chi connectivity index (χ0) is 10.6. The third-order valence-corrected chi connectivity index (χ3v) is 1.67. The van der Waals surface area contributed by atoms with Gasteiger partial charge in [0.1, 0.15) is 5.71 Å². The van der Waals surface area contributed by atoms with Gasteiger partial charge < -0.3 is 0 Å². The second-order valence-corrected chi connectivity index (χ2v) is 2.60. The van der Waals surface area contributed by atoms with E-state index in [0.29, 0.717) is 5.56 Å². The number of benzene rings is 1. The number of hydrogen-bond acceptors (Lipinski definition) is 4. The molecule has 70 valence electrons. The van der Waals surface area contributed by atoms with E-state index in [0.717, 1.165) is 0 Å². The van der Waals surface area contributed by atoms with Crippen LogP contribution in [-0.2, 0) is 9.59 Å². The molecule has 0 heterocycles. The molecule has 0 aromatic heterocycles. The van der Waals surface area contributed by atoms with Crippen molar-refractivity contribution >= 4 is 23.5 Å². The Hall–Kier alpha value is -2.10. The Bertz CT molecular complexity index is 396. The first kappa shape index (κ1) is 9.98. The molecule has 0 radical (unpaired) electrons. The lowest BCUT2D eigenvalue weighted by atomic mass is 10.0. The summed E-state index contributed by atoms with van der Waals surface area (Å²) in [5.41, 5.74) is -0.360. The molecule has 0 aliphatic heterocycles. The van der Waals surface area contributed by atoms with Crippen molar-refractivity contribution in [3.63, 3.8) is 0 Å². The minimum absolute atomic E-state index is 0.0415. The summed E-state index contributed by atoms with van der Waals surface area (Å²) in [7, 11) is 0. The van der Waals surface area contributed by atoms with Crippen molar-refractivity contribution in [3.05, 3.63) is 35.9 Å². The monoisotopic (exact) mass is 188 g/mol. The Morgan fingerprint density at radius 3 is 2.21 bits per heavy atom. The normalized spacial score (nSPS) is 9.14. The predicted molar refractivity (Wildman–Crippen MR) is 52.1 cm³/mol. The average molecular weight is 188 g/mol. The third kappa shape index (κ3) is 1.98. The highest BCUT2D eigenvalue weighted by molar-refractivity contribution is 6.78. The van der Waals surface area contributed by atoms with Gasteiger partial charge in [-0.25, -0.2) is 0 Å². The summed E-state index contributed by atoms with van der Waals surface area (Å²) in [6, 6.07) is 8.37.